The lowest BCUT2D eigenvalue weighted by molar-refractivity contribution is -0.120. The number of aryl methyl sites for hydroxylation is 1. The monoisotopic (exact) mass is 478 g/mol. The molecule has 0 bridgehead atoms. The van der Waals surface area contributed by atoms with Crippen molar-refractivity contribution < 1.29 is 21.6 Å². The second-order valence-corrected chi connectivity index (χ2v) is 11.9. The van der Waals surface area contributed by atoms with Crippen molar-refractivity contribution in [3.8, 4) is 0 Å². The first kappa shape index (κ1) is 22.8. The van der Waals surface area contributed by atoms with Crippen LogP contribution < -0.4 is 10.0 Å². The lowest BCUT2D eigenvalue weighted by Gasteiger charge is -2.31. The molecular formula is C21H26N4O5S2. The Morgan fingerprint density at radius 2 is 1.69 bits per heavy atom. The van der Waals surface area contributed by atoms with Crippen LogP contribution in [0.4, 0.5) is 5.82 Å². The molecule has 1 atom stereocenters. The molecule has 1 aliphatic carbocycles. The van der Waals surface area contributed by atoms with Crippen molar-refractivity contribution in [2.45, 2.75) is 48.4 Å². The van der Waals surface area contributed by atoms with Crippen LogP contribution in [0.3, 0.4) is 0 Å². The standard InChI is InChI=1S/C21H26N4O5S2/c1-15-4-2-6-20(22-15)23-21(26)16-5-3-13-25(14-16)32(29,30)19-11-9-18(10-12-19)31(27,28)24-17-7-8-17/h2,4,6,9-12,16-17,24H,3,5,7-8,13-14H2,1H3,(H,22,23,26). The molecule has 4 rings (SSSR count). The first-order valence-corrected chi connectivity index (χ1v) is 13.4. The van der Waals surface area contributed by atoms with Gasteiger partial charge in [0.2, 0.25) is 26.0 Å². The van der Waals surface area contributed by atoms with Crippen LogP contribution in [0.2, 0.25) is 0 Å². The highest BCUT2D eigenvalue weighted by atomic mass is 32.2. The number of rotatable bonds is 7. The molecule has 9 nitrogen and oxygen atoms in total. The van der Waals surface area contributed by atoms with Crippen molar-refractivity contribution >= 4 is 31.8 Å². The van der Waals surface area contributed by atoms with Crippen LogP contribution in [0.15, 0.2) is 52.3 Å². The van der Waals surface area contributed by atoms with Gasteiger partial charge in [-0.3, -0.25) is 4.79 Å². The highest BCUT2D eigenvalue weighted by molar-refractivity contribution is 7.89. The second kappa shape index (κ2) is 8.89. The topological polar surface area (TPSA) is 126 Å². The fourth-order valence-corrected chi connectivity index (χ4v) is 6.47. The van der Waals surface area contributed by atoms with Gasteiger partial charge < -0.3 is 5.32 Å². The Morgan fingerprint density at radius 3 is 2.34 bits per heavy atom. The van der Waals surface area contributed by atoms with E-state index < -0.39 is 26.0 Å². The molecule has 1 aliphatic heterocycles. The molecule has 2 aromatic rings. The Kier molecular flexibility index (Phi) is 6.35. The number of aromatic nitrogens is 1. The minimum atomic E-state index is -3.86. The van der Waals surface area contributed by atoms with Crippen molar-refractivity contribution in [3.05, 3.63) is 48.2 Å². The molecule has 1 aromatic carbocycles. The van der Waals surface area contributed by atoms with Crippen LogP contribution in [0.1, 0.15) is 31.4 Å². The fourth-order valence-electron chi connectivity index (χ4n) is 3.64. The molecule has 0 radical (unpaired) electrons. The molecule has 2 aliphatic rings. The largest absolute Gasteiger partial charge is 0.310 e. The molecule has 1 unspecified atom stereocenters. The van der Waals surface area contributed by atoms with E-state index in [1.165, 1.54) is 28.6 Å². The molecule has 11 heteroatoms. The van der Waals surface area contributed by atoms with Gasteiger partial charge in [-0.05, 0) is 69.0 Å². The molecule has 2 N–H and O–H groups in total. The zero-order valence-electron chi connectivity index (χ0n) is 17.7. The van der Waals surface area contributed by atoms with E-state index in [0.29, 0.717) is 25.2 Å². The number of sulfonamides is 2. The quantitative estimate of drug-likeness (QED) is 0.626. The Labute approximate surface area is 188 Å². The number of anilines is 1. The number of hydrogen-bond acceptors (Lipinski definition) is 6. The molecule has 1 saturated carbocycles. The fraction of sp³-hybridized carbons (Fsp3) is 0.429. The number of nitrogens with zero attached hydrogens (tertiary/aromatic N) is 2. The normalized spacial score (nSPS) is 20.1. The van der Waals surface area contributed by atoms with E-state index in [1.54, 1.807) is 12.1 Å². The average Bonchev–Trinajstić information content (AvgIpc) is 3.57. The summed E-state index contributed by atoms with van der Waals surface area (Å²) in [5, 5.41) is 2.76. The van der Waals surface area contributed by atoms with Gasteiger partial charge in [-0.1, -0.05) is 6.07 Å². The van der Waals surface area contributed by atoms with Gasteiger partial charge in [0.05, 0.1) is 15.7 Å². The van der Waals surface area contributed by atoms with Gasteiger partial charge in [-0.25, -0.2) is 26.5 Å². The summed E-state index contributed by atoms with van der Waals surface area (Å²) in [5.74, 6) is -0.328. The number of amides is 1. The maximum atomic E-state index is 13.1. The van der Waals surface area contributed by atoms with E-state index in [-0.39, 0.29) is 28.3 Å². The lowest BCUT2D eigenvalue weighted by atomic mass is 9.99. The van der Waals surface area contributed by atoms with E-state index >= 15 is 0 Å². The predicted octanol–water partition coefficient (Wildman–Crippen LogP) is 1.87. The minimum Gasteiger partial charge on any atom is -0.310 e. The van der Waals surface area contributed by atoms with E-state index in [4.69, 9.17) is 0 Å². The molecule has 1 saturated heterocycles. The van der Waals surface area contributed by atoms with Crippen molar-refractivity contribution in [2.24, 2.45) is 5.92 Å². The third-order valence-electron chi connectivity index (χ3n) is 5.57. The Balaban J connectivity index is 1.45. The zero-order valence-corrected chi connectivity index (χ0v) is 19.3. The molecule has 1 amide bonds. The third-order valence-corrected chi connectivity index (χ3v) is 8.98. The van der Waals surface area contributed by atoms with E-state index in [2.05, 4.69) is 15.0 Å². The smallest absolute Gasteiger partial charge is 0.243 e. The number of pyridine rings is 1. The van der Waals surface area contributed by atoms with Crippen LogP contribution >= 0.6 is 0 Å². The summed E-state index contributed by atoms with van der Waals surface area (Å²) < 4.78 is 54.7. The molecule has 0 spiro atoms. The van der Waals surface area contributed by atoms with Crippen molar-refractivity contribution in [2.75, 3.05) is 18.4 Å². The number of piperidine rings is 1. The summed E-state index contributed by atoms with van der Waals surface area (Å²) in [6.07, 6.45) is 2.76. The van der Waals surface area contributed by atoms with Gasteiger partial charge in [0.1, 0.15) is 5.82 Å². The highest BCUT2D eigenvalue weighted by Crippen LogP contribution is 2.26. The maximum Gasteiger partial charge on any atom is 0.243 e. The predicted molar refractivity (Wildman–Crippen MR) is 119 cm³/mol. The summed E-state index contributed by atoms with van der Waals surface area (Å²) in [6, 6.07) is 10.5. The van der Waals surface area contributed by atoms with Gasteiger partial charge in [0.15, 0.2) is 0 Å². The minimum absolute atomic E-state index is 0.00396. The van der Waals surface area contributed by atoms with E-state index in [1.807, 2.05) is 13.0 Å². The SMILES string of the molecule is Cc1cccc(NC(=O)C2CCCN(S(=O)(=O)c3ccc(S(=O)(=O)NC4CC4)cc3)C2)n1. The summed E-state index contributed by atoms with van der Waals surface area (Å²) in [7, 11) is -7.51. The van der Waals surface area contributed by atoms with Crippen molar-refractivity contribution in [3.63, 3.8) is 0 Å². The first-order valence-electron chi connectivity index (χ1n) is 10.5. The molecule has 2 fully saturated rings. The van der Waals surface area contributed by atoms with E-state index in [0.717, 1.165) is 18.5 Å². The Hall–Kier alpha value is -2.34. The Morgan fingerprint density at radius 1 is 1.00 bits per heavy atom. The van der Waals surface area contributed by atoms with Crippen LogP contribution in [0, 0.1) is 12.8 Å². The van der Waals surface area contributed by atoms with Crippen LogP contribution in [0.5, 0.6) is 0 Å². The summed E-state index contributed by atoms with van der Waals surface area (Å²) in [5.41, 5.74) is 0.772. The molecule has 32 heavy (non-hydrogen) atoms. The van der Waals surface area contributed by atoms with Crippen LogP contribution in [-0.4, -0.2) is 51.2 Å². The average molecular weight is 479 g/mol. The molecular weight excluding hydrogens is 452 g/mol. The second-order valence-electron chi connectivity index (χ2n) is 8.22. The number of hydrogen-bond donors (Lipinski definition) is 2. The van der Waals surface area contributed by atoms with Crippen molar-refractivity contribution in [1.29, 1.82) is 0 Å². The summed E-state index contributed by atoms with van der Waals surface area (Å²) in [6.45, 7) is 2.18. The number of nitrogens with one attached hydrogen (secondary N) is 2. The number of carbonyl (C=O) groups excluding carboxylic acids is 1. The van der Waals surface area contributed by atoms with Gasteiger partial charge in [-0.2, -0.15) is 4.31 Å². The summed E-state index contributed by atoms with van der Waals surface area (Å²) >= 11 is 0. The third kappa shape index (κ3) is 5.17. The van der Waals surface area contributed by atoms with Gasteiger partial charge in [0, 0.05) is 24.8 Å². The van der Waals surface area contributed by atoms with Crippen LogP contribution in [0.25, 0.3) is 0 Å². The molecule has 2 heterocycles. The molecule has 1 aromatic heterocycles. The van der Waals surface area contributed by atoms with Crippen molar-refractivity contribution in [1.82, 2.24) is 14.0 Å². The van der Waals surface area contributed by atoms with E-state index in [9.17, 15) is 21.6 Å². The van der Waals surface area contributed by atoms with Gasteiger partial charge in [0.25, 0.3) is 0 Å². The zero-order chi connectivity index (χ0) is 22.9. The Bertz CT molecular complexity index is 1210. The highest BCUT2D eigenvalue weighted by Gasteiger charge is 2.34. The lowest BCUT2D eigenvalue weighted by Crippen LogP contribution is -2.43. The van der Waals surface area contributed by atoms with Gasteiger partial charge in [-0.15, -0.1) is 0 Å². The molecule has 172 valence electrons. The van der Waals surface area contributed by atoms with Gasteiger partial charge >= 0.3 is 0 Å². The first-order chi connectivity index (χ1) is 15.1. The number of benzene rings is 1. The maximum absolute atomic E-state index is 13.1. The number of carbonyl (C=O) groups is 1. The van der Waals surface area contributed by atoms with Crippen LogP contribution in [-0.2, 0) is 24.8 Å². The summed E-state index contributed by atoms with van der Waals surface area (Å²) in [4.78, 5) is 17.0.